The summed E-state index contributed by atoms with van der Waals surface area (Å²) < 4.78 is 24.9. The number of anilines is 2. The Morgan fingerprint density at radius 2 is 1.94 bits per heavy atom. The van der Waals surface area contributed by atoms with Gasteiger partial charge in [0.2, 0.25) is 0 Å². The maximum Gasteiger partial charge on any atom is 0.355 e. The predicted molar refractivity (Wildman–Crippen MR) is 117 cm³/mol. The molecule has 158 valence electrons. The number of carbonyl (C=O) groups excluding carboxylic acids is 1. The molecule has 0 spiro atoms. The molecule has 2 aromatic heterocycles. The van der Waals surface area contributed by atoms with Crippen molar-refractivity contribution in [3.63, 3.8) is 0 Å². The molecule has 4 rings (SSSR count). The van der Waals surface area contributed by atoms with E-state index in [2.05, 4.69) is 25.6 Å². The lowest BCUT2D eigenvalue weighted by Crippen LogP contribution is -2.19. The lowest BCUT2D eigenvalue weighted by molar-refractivity contribution is -0.416. The second kappa shape index (κ2) is 7.88. The molecule has 1 aromatic carbocycles. The summed E-state index contributed by atoms with van der Waals surface area (Å²) in [5.74, 6) is 1.12. The molecule has 0 radical (unpaired) electrons. The van der Waals surface area contributed by atoms with E-state index in [1.165, 1.54) is 18.3 Å². The van der Waals surface area contributed by atoms with Crippen LogP contribution in [0.4, 0.5) is 17.3 Å². The van der Waals surface area contributed by atoms with Crippen LogP contribution in [0.15, 0.2) is 53.8 Å². The predicted octanol–water partition coefficient (Wildman–Crippen LogP) is 2.41. The number of nitrogens with zero attached hydrogens (tertiary/aromatic N) is 4. The Hall–Kier alpha value is -3.66. The highest BCUT2D eigenvalue weighted by molar-refractivity contribution is 7.90. The summed E-state index contributed by atoms with van der Waals surface area (Å²) in [6, 6.07) is 10.1. The zero-order chi connectivity index (χ0) is 22.2. The highest BCUT2D eigenvalue weighted by Crippen LogP contribution is 2.24. The van der Waals surface area contributed by atoms with Gasteiger partial charge < -0.3 is 10.6 Å². The van der Waals surface area contributed by atoms with Gasteiger partial charge in [-0.2, -0.15) is 0 Å². The van der Waals surface area contributed by atoms with E-state index < -0.39 is 9.84 Å². The van der Waals surface area contributed by atoms with Gasteiger partial charge in [0.1, 0.15) is 6.21 Å². The van der Waals surface area contributed by atoms with E-state index >= 15 is 0 Å². The second-order valence-corrected chi connectivity index (χ2v) is 9.27. The Morgan fingerprint density at radius 3 is 2.61 bits per heavy atom. The van der Waals surface area contributed by atoms with E-state index in [9.17, 15) is 13.2 Å². The molecule has 0 bridgehead atoms. The Bertz CT molecular complexity index is 1300. The SMILES string of the molecule is CC(Nc1cnc2c(n1)[N+](C)=C2)c1cccc(NC(=O)c2ccc(S(C)(=O)=O)nc2)c1. The first kappa shape index (κ1) is 20.6. The number of hydrogen-bond acceptors (Lipinski definition) is 7. The van der Waals surface area contributed by atoms with E-state index in [1.54, 1.807) is 12.3 Å². The molecular weight excluding hydrogens is 416 g/mol. The van der Waals surface area contributed by atoms with Crippen LogP contribution < -0.4 is 10.6 Å². The molecule has 0 aliphatic carbocycles. The number of fused-ring (bicyclic) bond motifs is 1. The number of sulfone groups is 1. The third-order valence-corrected chi connectivity index (χ3v) is 5.82. The Labute approximate surface area is 179 Å². The van der Waals surface area contributed by atoms with Crippen molar-refractivity contribution in [2.75, 3.05) is 23.9 Å². The monoisotopic (exact) mass is 437 g/mol. The molecule has 1 aliphatic rings. The van der Waals surface area contributed by atoms with E-state index in [0.29, 0.717) is 11.5 Å². The number of hydrogen-bond donors (Lipinski definition) is 2. The van der Waals surface area contributed by atoms with E-state index in [0.717, 1.165) is 23.3 Å². The third kappa shape index (κ3) is 4.43. The second-order valence-electron chi connectivity index (χ2n) is 7.31. The summed E-state index contributed by atoms with van der Waals surface area (Å²) in [5.41, 5.74) is 2.69. The molecule has 3 heterocycles. The highest BCUT2D eigenvalue weighted by Gasteiger charge is 2.26. The van der Waals surface area contributed by atoms with Crippen LogP contribution in [-0.2, 0) is 9.84 Å². The van der Waals surface area contributed by atoms with Crippen molar-refractivity contribution in [1.29, 1.82) is 0 Å². The normalized spacial score (nSPS) is 13.5. The number of carbonyl (C=O) groups is 1. The largest absolute Gasteiger partial charge is 0.355 e. The molecule has 10 heteroatoms. The van der Waals surface area contributed by atoms with Crippen molar-refractivity contribution in [2.24, 2.45) is 0 Å². The first-order valence-corrected chi connectivity index (χ1v) is 11.4. The summed E-state index contributed by atoms with van der Waals surface area (Å²) in [6.07, 6.45) is 5.92. The van der Waals surface area contributed by atoms with Crippen LogP contribution in [0.3, 0.4) is 0 Å². The average molecular weight is 438 g/mol. The minimum Gasteiger partial charge on any atom is -0.342 e. The van der Waals surface area contributed by atoms with E-state index in [4.69, 9.17) is 0 Å². The van der Waals surface area contributed by atoms with Crippen molar-refractivity contribution in [3.8, 4) is 0 Å². The van der Waals surface area contributed by atoms with Gasteiger partial charge in [-0.25, -0.2) is 23.0 Å². The van der Waals surface area contributed by atoms with Crippen LogP contribution in [0.2, 0.25) is 0 Å². The summed E-state index contributed by atoms with van der Waals surface area (Å²) in [5, 5.41) is 6.06. The number of benzene rings is 1. The number of amides is 1. The topological polar surface area (TPSA) is 117 Å². The highest BCUT2D eigenvalue weighted by atomic mass is 32.2. The molecule has 1 atom stereocenters. The first-order chi connectivity index (χ1) is 14.7. The minimum atomic E-state index is -3.41. The van der Waals surface area contributed by atoms with Gasteiger partial charge in [-0.1, -0.05) is 12.1 Å². The Kier molecular flexibility index (Phi) is 5.24. The van der Waals surface area contributed by atoms with Crippen LogP contribution in [-0.4, -0.2) is 53.4 Å². The van der Waals surface area contributed by atoms with E-state index in [1.807, 2.05) is 43.0 Å². The van der Waals surface area contributed by atoms with Crippen molar-refractivity contribution in [2.45, 2.75) is 18.0 Å². The van der Waals surface area contributed by atoms with Crippen LogP contribution in [0.25, 0.3) is 0 Å². The van der Waals surface area contributed by atoms with Gasteiger partial charge in [-0.15, -0.1) is 0 Å². The van der Waals surface area contributed by atoms with Crippen LogP contribution in [0, 0.1) is 0 Å². The quantitative estimate of drug-likeness (QED) is 0.569. The zero-order valence-corrected chi connectivity index (χ0v) is 18.0. The molecule has 0 fully saturated rings. The maximum atomic E-state index is 12.5. The first-order valence-electron chi connectivity index (χ1n) is 9.49. The van der Waals surface area contributed by atoms with Crippen molar-refractivity contribution in [1.82, 2.24) is 15.0 Å². The minimum absolute atomic E-state index is 0.0747. The summed E-state index contributed by atoms with van der Waals surface area (Å²) >= 11 is 0. The van der Waals surface area contributed by atoms with Gasteiger partial charge in [0.05, 0.1) is 24.8 Å². The van der Waals surface area contributed by atoms with Crippen LogP contribution in [0.1, 0.15) is 34.6 Å². The summed E-state index contributed by atoms with van der Waals surface area (Å²) in [4.78, 5) is 25.3. The zero-order valence-electron chi connectivity index (χ0n) is 17.2. The fraction of sp³-hybridized carbons (Fsp3) is 0.190. The third-order valence-electron chi connectivity index (χ3n) is 4.82. The Balaban J connectivity index is 1.45. The fourth-order valence-corrected chi connectivity index (χ4v) is 3.67. The smallest absolute Gasteiger partial charge is 0.342 e. The number of nitrogens with one attached hydrogen (secondary N) is 2. The van der Waals surface area contributed by atoms with Gasteiger partial charge in [0.15, 0.2) is 20.6 Å². The molecule has 1 unspecified atom stereocenters. The standard InChI is InChI=1S/C21H20N6O3S/c1-13(24-18-11-22-17-12-27(2)20(17)26-18)14-5-4-6-16(9-14)25-21(28)15-7-8-19(23-10-15)31(3,29)30/h4-13H,1-3H3,(H,25,28)/p+1. The van der Waals surface area contributed by atoms with Gasteiger partial charge in [0, 0.05) is 18.1 Å². The van der Waals surface area contributed by atoms with Gasteiger partial charge >= 0.3 is 5.82 Å². The molecule has 0 saturated carbocycles. The lowest BCUT2D eigenvalue weighted by atomic mass is 10.1. The lowest BCUT2D eigenvalue weighted by Gasteiger charge is -2.15. The number of rotatable bonds is 6. The van der Waals surface area contributed by atoms with Gasteiger partial charge in [0.25, 0.3) is 11.7 Å². The van der Waals surface area contributed by atoms with Crippen molar-refractivity contribution < 1.29 is 17.8 Å². The molecule has 9 nitrogen and oxygen atoms in total. The fourth-order valence-electron chi connectivity index (χ4n) is 3.12. The molecule has 1 amide bonds. The molecule has 2 N–H and O–H groups in total. The van der Waals surface area contributed by atoms with Crippen LogP contribution in [0.5, 0.6) is 0 Å². The summed E-state index contributed by atoms with van der Waals surface area (Å²) in [6.45, 7) is 1.99. The van der Waals surface area contributed by atoms with Crippen molar-refractivity contribution >= 4 is 39.3 Å². The van der Waals surface area contributed by atoms with Crippen LogP contribution >= 0.6 is 0 Å². The number of pyridine rings is 1. The van der Waals surface area contributed by atoms with Crippen molar-refractivity contribution in [3.05, 3.63) is 65.6 Å². The molecule has 1 aliphatic heterocycles. The van der Waals surface area contributed by atoms with Gasteiger partial charge in [-0.05, 0) is 41.7 Å². The summed E-state index contributed by atoms with van der Waals surface area (Å²) in [7, 11) is -1.50. The molecule has 0 saturated heterocycles. The van der Waals surface area contributed by atoms with Gasteiger partial charge in [-0.3, -0.25) is 4.79 Å². The maximum absolute atomic E-state index is 12.5. The van der Waals surface area contributed by atoms with E-state index in [-0.39, 0.29) is 22.5 Å². The molecular formula is C21H21N6O3S+. The molecule has 31 heavy (non-hydrogen) atoms. The molecule has 3 aromatic rings. The number of aromatic nitrogens is 3. The Morgan fingerprint density at radius 1 is 1.13 bits per heavy atom. The average Bonchev–Trinajstić information content (AvgIpc) is 2.73.